The molecule has 0 atom stereocenters. The molecule has 0 aromatic carbocycles. The van der Waals surface area contributed by atoms with Crippen LogP contribution in [0.15, 0.2) is 25.3 Å². The first-order valence-electron chi connectivity index (χ1n) is 8.60. The van der Waals surface area contributed by atoms with Gasteiger partial charge in [0, 0.05) is 0 Å². The summed E-state index contributed by atoms with van der Waals surface area (Å²) in [6.45, 7) is 14.4. The van der Waals surface area contributed by atoms with E-state index in [1.807, 2.05) is 12.2 Å². The Morgan fingerprint density at radius 2 is 0.583 bits per heavy atom. The molecule has 0 radical (unpaired) electrons. The minimum absolute atomic E-state index is 0.559. The van der Waals surface area contributed by atoms with Crippen molar-refractivity contribution in [3.63, 3.8) is 0 Å². The third-order valence-corrected chi connectivity index (χ3v) is 2.79. The Morgan fingerprint density at radius 3 is 0.792 bits per heavy atom. The van der Waals surface area contributed by atoms with E-state index in [2.05, 4.69) is 13.2 Å². The first-order valence-corrected chi connectivity index (χ1v) is 8.60. The van der Waals surface area contributed by atoms with Crippen LogP contribution in [-0.2, 0) is 28.4 Å². The van der Waals surface area contributed by atoms with Gasteiger partial charge in [-0.3, -0.25) is 0 Å². The zero-order chi connectivity index (χ0) is 17.6. The van der Waals surface area contributed by atoms with Gasteiger partial charge in [-0.2, -0.15) is 0 Å². The predicted octanol–water partition coefficient (Wildman–Crippen LogP) is 2.24. The normalized spacial score (nSPS) is 10.8. The third kappa shape index (κ3) is 21.2. The van der Waals surface area contributed by atoms with E-state index in [9.17, 15) is 0 Å². The van der Waals surface area contributed by atoms with E-state index in [0.29, 0.717) is 79.3 Å². The highest BCUT2D eigenvalue weighted by atomic mass is 16.6. The van der Waals surface area contributed by atoms with Crippen molar-refractivity contribution in [2.75, 3.05) is 79.3 Å². The fourth-order valence-corrected chi connectivity index (χ4v) is 1.53. The summed E-state index contributed by atoms with van der Waals surface area (Å²) in [5, 5.41) is 0. The molecule has 0 rings (SSSR count). The van der Waals surface area contributed by atoms with Crippen LogP contribution in [0.2, 0.25) is 0 Å². The molecule has 6 heteroatoms. The quantitative estimate of drug-likeness (QED) is 0.235. The molecule has 24 heavy (non-hydrogen) atoms. The first kappa shape index (κ1) is 23.2. The molecule has 0 amide bonds. The van der Waals surface area contributed by atoms with Crippen molar-refractivity contribution in [1.82, 2.24) is 0 Å². The molecule has 0 saturated carbocycles. The Labute approximate surface area is 146 Å². The molecule has 0 aromatic rings. The van der Waals surface area contributed by atoms with Crippen LogP contribution in [-0.4, -0.2) is 79.3 Å². The van der Waals surface area contributed by atoms with E-state index in [1.54, 1.807) is 0 Å². The van der Waals surface area contributed by atoms with Gasteiger partial charge in [0.15, 0.2) is 0 Å². The Kier molecular flexibility index (Phi) is 21.5. The van der Waals surface area contributed by atoms with Crippen molar-refractivity contribution in [3.8, 4) is 0 Å². The number of rotatable bonds is 21. The molecular weight excluding hydrogens is 312 g/mol. The van der Waals surface area contributed by atoms with Crippen molar-refractivity contribution >= 4 is 0 Å². The Bertz CT molecular complexity index is 234. The molecule has 0 unspecified atom stereocenters. The van der Waals surface area contributed by atoms with Crippen LogP contribution < -0.4 is 0 Å². The third-order valence-electron chi connectivity index (χ3n) is 2.79. The van der Waals surface area contributed by atoms with Gasteiger partial charge in [0.1, 0.15) is 0 Å². The van der Waals surface area contributed by atoms with E-state index in [-0.39, 0.29) is 0 Å². The molecule has 0 heterocycles. The molecule has 0 fully saturated rings. The smallest absolute Gasteiger partial charge is 0.0701 e. The number of hydrogen-bond acceptors (Lipinski definition) is 6. The summed E-state index contributed by atoms with van der Waals surface area (Å²) in [5.74, 6) is 0. The fourth-order valence-electron chi connectivity index (χ4n) is 1.53. The lowest BCUT2D eigenvalue weighted by Crippen LogP contribution is -2.14. The van der Waals surface area contributed by atoms with Crippen LogP contribution in [0.1, 0.15) is 12.8 Å². The first-order chi connectivity index (χ1) is 11.9. The minimum Gasteiger partial charge on any atom is -0.379 e. The molecule has 0 saturated heterocycles. The number of hydrogen-bond donors (Lipinski definition) is 0. The van der Waals surface area contributed by atoms with Gasteiger partial charge in [0.05, 0.1) is 79.3 Å². The summed E-state index contributed by atoms with van der Waals surface area (Å²) in [6.07, 6.45) is 5.42. The van der Waals surface area contributed by atoms with Crippen LogP contribution in [0, 0.1) is 0 Å². The lowest BCUT2D eigenvalue weighted by molar-refractivity contribution is -0.0163. The summed E-state index contributed by atoms with van der Waals surface area (Å²) in [6, 6.07) is 0. The molecule has 0 N–H and O–H groups in total. The zero-order valence-electron chi connectivity index (χ0n) is 14.9. The topological polar surface area (TPSA) is 55.4 Å². The molecular formula is C18H34O6. The Hall–Kier alpha value is -0.760. The largest absolute Gasteiger partial charge is 0.379 e. The van der Waals surface area contributed by atoms with Crippen molar-refractivity contribution in [2.45, 2.75) is 12.8 Å². The van der Waals surface area contributed by atoms with Crippen LogP contribution >= 0.6 is 0 Å². The lowest BCUT2D eigenvalue weighted by Gasteiger charge is -2.08. The van der Waals surface area contributed by atoms with Crippen molar-refractivity contribution < 1.29 is 28.4 Å². The monoisotopic (exact) mass is 346 g/mol. The molecule has 142 valence electrons. The van der Waals surface area contributed by atoms with Crippen molar-refractivity contribution in [2.24, 2.45) is 0 Å². The highest BCUT2D eigenvalue weighted by molar-refractivity contribution is 4.64. The van der Waals surface area contributed by atoms with E-state index < -0.39 is 0 Å². The maximum atomic E-state index is 5.39. The molecule has 0 aliphatic heterocycles. The van der Waals surface area contributed by atoms with Crippen molar-refractivity contribution in [1.29, 1.82) is 0 Å². The van der Waals surface area contributed by atoms with Crippen molar-refractivity contribution in [3.05, 3.63) is 25.3 Å². The molecule has 0 aromatic heterocycles. The van der Waals surface area contributed by atoms with Gasteiger partial charge in [-0.15, -0.1) is 13.2 Å². The lowest BCUT2D eigenvalue weighted by atomic mass is 10.5. The van der Waals surface area contributed by atoms with E-state index >= 15 is 0 Å². The van der Waals surface area contributed by atoms with Crippen LogP contribution in [0.25, 0.3) is 0 Å². The molecule has 0 aliphatic carbocycles. The predicted molar refractivity (Wildman–Crippen MR) is 94.5 cm³/mol. The highest BCUT2D eigenvalue weighted by Gasteiger charge is 1.93. The second kappa shape index (κ2) is 22.2. The standard InChI is InChI=1S/C18H34O6/c1-3-5-7-19-9-11-21-13-15-23-17-18-24-16-14-22-12-10-20-8-6-4-2/h3-4H,1-2,5-18H2. The summed E-state index contributed by atoms with van der Waals surface area (Å²) < 4.78 is 32.1. The molecule has 0 aliphatic rings. The van der Waals surface area contributed by atoms with E-state index in [0.717, 1.165) is 12.8 Å². The van der Waals surface area contributed by atoms with Gasteiger partial charge in [0.25, 0.3) is 0 Å². The molecule has 6 nitrogen and oxygen atoms in total. The SMILES string of the molecule is C=CCCOCCOCCOCCOCCOCCOCCC=C. The maximum Gasteiger partial charge on any atom is 0.0701 e. The van der Waals surface area contributed by atoms with Gasteiger partial charge in [-0.05, 0) is 12.8 Å². The average Bonchev–Trinajstić information content (AvgIpc) is 2.60. The fraction of sp³-hybridized carbons (Fsp3) is 0.778. The van der Waals surface area contributed by atoms with Gasteiger partial charge in [-0.25, -0.2) is 0 Å². The molecule has 0 spiro atoms. The minimum atomic E-state index is 0.559. The van der Waals surface area contributed by atoms with Gasteiger partial charge in [0.2, 0.25) is 0 Å². The second-order valence-electron chi connectivity index (χ2n) is 4.83. The van der Waals surface area contributed by atoms with Crippen LogP contribution in [0.4, 0.5) is 0 Å². The zero-order valence-corrected chi connectivity index (χ0v) is 14.9. The summed E-state index contributed by atoms with van der Waals surface area (Å²) in [5.41, 5.74) is 0. The molecule has 0 bridgehead atoms. The highest BCUT2D eigenvalue weighted by Crippen LogP contribution is 1.86. The van der Waals surface area contributed by atoms with E-state index in [4.69, 9.17) is 28.4 Å². The Morgan fingerprint density at radius 1 is 0.375 bits per heavy atom. The summed E-state index contributed by atoms with van der Waals surface area (Å²) in [4.78, 5) is 0. The summed E-state index contributed by atoms with van der Waals surface area (Å²) >= 11 is 0. The van der Waals surface area contributed by atoms with Gasteiger partial charge in [-0.1, -0.05) is 12.2 Å². The van der Waals surface area contributed by atoms with E-state index in [1.165, 1.54) is 0 Å². The average molecular weight is 346 g/mol. The van der Waals surface area contributed by atoms with Gasteiger partial charge >= 0.3 is 0 Å². The summed E-state index contributed by atoms with van der Waals surface area (Å²) in [7, 11) is 0. The Balaban J connectivity index is 2.95. The number of ether oxygens (including phenoxy) is 6. The van der Waals surface area contributed by atoms with Gasteiger partial charge < -0.3 is 28.4 Å². The van der Waals surface area contributed by atoms with Crippen LogP contribution in [0.5, 0.6) is 0 Å². The maximum absolute atomic E-state index is 5.39. The second-order valence-corrected chi connectivity index (χ2v) is 4.83. The van der Waals surface area contributed by atoms with Crippen LogP contribution in [0.3, 0.4) is 0 Å².